The van der Waals surface area contributed by atoms with Crippen molar-refractivity contribution >= 4 is 21.3 Å². The first-order chi connectivity index (χ1) is 11.0. The van der Waals surface area contributed by atoms with Crippen molar-refractivity contribution < 1.29 is 13.2 Å². The fourth-order valence-electron chi connectivity index (χ4n) is 2.54. The van der Waals surface area contributed by atoms with Crippen LogP contribution in [0.1, 0.15) is 17.4 Å². The number of sulfonamides is 1. The van der Waals surface area contributed by atoms with Crippen molar-refractivity contribution in [2.24, 2.45) is 0 Å². The van der Waals surface area contributed by atoms with Crippen molar-refractivity contribution in [3.8, 4) is 11.3 Å². The Balaban J connectivity index is 2.47. The molecule has 3 aromatic rings. The van der Waals surface area contributed by atoms with E-state index in [2.05, 4.69) is 9.71 Å². The lowest BCUT2D eigenvalue weighted by Gasteiger charge is -2.08. The monoisotopic (exact) mass is 329 g/mol. The molecule has 0 aliphatic rings. The number of hydrogen-bond donors (Lipinski definition) is 1. The summed E-state index contributed by atoms with van der Waals surface area (Å²) >= 11 is 0. The van der Waals surface area contributed by atoms with E-state index in [1.807, 2.05) is 6.07 Å². The molecule has 3 rings (SSSR count). The highest BCUT2D eigenvalue weighted by atomic mass is 32.2. The fourth-order valence-corrected chi connectivity index (χ4v) is 3.48. The van der Waals surface area contributed by atoms with Crippen LogP contribution < -0.4 is 4.72 Å². The zero-order valence-electron chi connectivity index (χ0n) is 12.6. The lowest BCUT2D eigenvalue weighted by Crippen LogP contribution is -2.19. The average molecular weight is 329 g/mol. The highest BCUT2D eigenvalue weighted by molar-refractivity contribution is 7.89. The van der Waals surface area contributed by atoms with Gasteiger partial charge in [0.05, 0.1) is 16.9 Å². The van der Waals surface area contributed by atoms with Gasteiger partial charge in [0.2, 0.25) is 10.0 Å². The standard InChI is InChI=1S/C16H15N3O3S/c1-11(20)14-10-12(13-6-3-4-8-18-13)16-15(23(21,22)17-2)7-5-9-19(14)16/h3-10,17H,1-2H3. The van der Waals surface area contributed by atoms with Crippen molar-refractivity contribution in [1.29, 1.82) is 0 Å². The molecular weight excluding hydrogens is 314 g/mol. The van der Waals surface area contributed by atoms with Gasteiger partial charge >= 0.3 is 0 Å². The van der Waals surface area contributed by atoms with E-state index < -0.39 is 10.0 Å². The number of nitrogens with one attached hydrogen (secondary N) is 1. The SMILES string of the molecule is CNS(=O)(=O)c1cccn2c(C(C)=O)cc(-c3ccccn3)c12. The largest absolute Gasteiger partial charge is 0.312 e. The van der Waals surface area contributed by atoms with Gasteiger partial charge in [-0.25, -0.2) is 13.1 Å². The lowest BCUT2D eigenvalue weighted by atomic mass is 10.1. The van der Waals surface area contributed by atoms with Crippen LogP contribution in [0, 0.1) is 0 Å². The lowest BCUT2D eigenvalue weighted by molar-refractivity contribution is 0.101. The molecule has 3 aromatic heterocycles. The van der Waals surface area contributed by atoms with E-state index in [1.54, 1.807) is 41.1 Å². The van der Waals surface area contributed by atoms with Crippen LogP contribution in [0.5, 0.6) is 0 Å². The number of carbonyl (C=O) groups is 1. The van der Waals surface area contributed by atoms with E-state index in [-0.39, 0.29) is 10.7 Å². The molecule has 0 aliphatic heterocycles. The topological polar surface area (TPSA) is 80.5 Å². The first kappa shape index (κ1) is 15.4. The summed E-state index contributed by atoms with van der Waals surface area (Å²) in [6, 6.07) is 10.2. The number of Topliss-reactive ketones (excluding diaryl/α,β-unsaturated/α-hetero) is 1. The quantitative estimate of drug-likeness (QED) is 0.743. The van der Waals surface area contributed by atoms with Gasteiger partial charge in [-0.1, -0.05) is 6.07 Å². The minimum absolute atomic E-state index is 0.107. The maximum atomic E-state index is 12.3. The molecule has 0 aliphatic carbocycles. The van der Waals surface area contributed by atoms with Gasteiger partial charge in [-0.2, -0.15) is 0 Å². The Morgan fingerprint density at radius 3 is 2.61 bits per heavy atom. The fraction of sp³-hybridized carbons (Fsp3) is 0.125. The molecule has 0 saturated carbocycles. The highest BCUT2D eigenvalue weighted by Crippen LogP contribution is 2.31. The molecule has 118 valence electrons. The molecule has 3 heterocycles. The van der Waals surface area contributed by atoms with E-state index in [0.717, 1.165) is 0 Å². The molecular formula is C16H15N3O3S. The molecule has 0 saturated heterocycles. The van der Waals surface area contributed by atoms with E-state index in [1.165, 1.54) is 20.0 Å². The van der Waals surface area contributed by atoms with Gasteiger partial charge in [-0.05, 0) is 37.4 Å². The van der Waals surface area contributed by atoms with Crippen LogP contribution in [-0.4, -0.2) is 30.6 Å². The van der Waals surface area contributed by atoms with Crippen LogP contribution >= 0.6 is 0 Å². The van der Waals surface area contributed by atoms with Gasteiger partial charge in [0, 0.05) is 24.9 Å². The molecule has 0 aromatic carbocycles. The number of carbonyl (C=O) groups excluding carboxylic acids is 1. The smallest absolute Gasteiger partial charge is 0.242 e. The number of pyridine rings is 2. The zero-order chi connectivity index (χ0) is 16.6. The maximum absolute atomic E-state index is 12.3. The predicted octanol–water partition coefficient (Wildman–Crippen LogP) is 2.11. The molecule has 7 heteroatoms. The summed E-state index contributed by atoms with van der Waals surface area (Å²) in [6.07, 6.45) is 3.30. The van der Waals surface area contributed by atoms with Crippen LogP contribution in [0.3, 0.4) is 0 Å². The van der Waals surface area contributed by atoms with Crippen LogP contribution in [0.25, 0.3) is 16.8 Å². The van der Waals surface area contributed by atoms with Gasteiger partial charge in [-0.15, -0.1) is 0 Å². The second kappa shape index (κ2) is 5.60. The second-order valence-corrected chi connectivity index (χ2v) is 6.87. The summed E-state index contributed by atoms with van der Waals surface area (Å²) < 4.78 is 28.6. The Hall–Kier alpha value is -2.51. The summed E-state index contributed by atoms with van der Waals surface area (Å²) in [5.41, 5.74) is 2.06. The Morgan fingerprint density at radius 2 is 2.00 bits per heavy atom. The van der Waals surface area contributed by atoms with E-state index in [4.69, 9.17) is 0 Å². The van der Waals surface area contributed by atoms with Crippen molar-refractivity contribution in [2.45, 2.75) is 11.8 Å². The summed E-state index contributed by atoms with van der Waals surface area (Å²) in [5.74, 6) is -0.152. The van der Waals surface area contributed by atoms with Crippen LogP contribution in [0.2, 0.25) is 0 Å². The first-order valence-electron chi connectivity index (χ1n) is 6.95. The minimum atomic E-state index is -3.68. The first-order valence-corrected chi connectivity index (χ1v) is 8.44. The normalized spacial score (nSPS) is 11.7. The number of hydrogen-bond acceptors (Lipinski definition) is 4. The zero-order valence-corrected chi connectivity index (χ0v) is 13.5. The third kappa shape index (κ3) is 2.54. The van der Waals surface area contributed by atoms with Crippen LogP contribution in [0.4, 0.5) is 0 Å². The van der Waals surface area contributed by atoms with Gasteiger partial charge in [0.1, 0.15) is 4.90 Å². The second-order valence-electron chi connectivity index (χ2n) is 5.01. The molecule has 0 bridgehead atoms. The molecule has 0 spiro atoms. The van der Waals surface area contributed by atoms with E-state index >= 15 is 0 Å². The third-order valence-electron chi connectivity index (χ3n) is 3.61. The van der Waals surface area contributed by atoms with Gasteiger partial charge < -0.3 is 4.40 Å². The van der Waals surface area contributed by atoms with Crippen molar-refractivity contribution in [3.05, 3.63) is 54.5 Å². The number of ketones is 1. The molecule has 0 fully saturated rings. The molecule has 0 atom stereocenters. The molecule has 0 amide bonds. The summed E-state index contributed by atoms with van der Waals surface area (Å²) in [6.45, 7) is 1.45. The Morgan fingerprint density at radius 1 is 1.22 bits per heavy atom. The van der Waals surface area contributed by atoms with E-state index in [9.17, 15) is 13.2 Å². The Bertz CT molecular complexity index is 992. The van der Waals surface area contributed by atoms with Crippen molar-refractivity contribution in [2.75, 3.05) is 7.05 Å². The van der Waals surface area contributed by atoms with Crippen molar-refractivity contribution in [3.63, 3.8) is 0 Å². The number of nitrogens with zero attached hydrogens (tertiary/aromatic N) is 2. The van der Waals surface area contributed by atoms with Crippen molar-refractivity contribution in [1.82, 2.24) is 14.1 Å². The minimum Gasteiger partial charge on any atom is -0.312 e. The summed E-state index contributed by atoms with van der Waals surface area (Å²) in [4.78, 5) is 16.3. The van der Waals surface area contributed by atoms with Gasteiger partial charge in [0.25, 0.3) is 0 Å². The predicted molar refractivity (Wildman–Crippen MR) is 86.9 cm³/mol. The molecule has 1 N–H and O–H groups in total. The molecule has 0 unspecified atom stereocenters. The van der Waals surface area contributed by atoms with Gasteiger partial charge in [0.15, 0.2) is 5.78 Å². The molecule has 0 radical (unpaired) electrons. The number of rotatable bonds is 4. The maximum Gasteiger partial charge on any atom is 0.242 e. The third-order valence-corrected chi connectivity index (χ3v) is 5.06. The Kier molecular flexibility index (Phi) is 3.75. The highest BCUT2D eigenvalue weighted by Gasteiger charge is 2.22. The Labute approximate surface area is 133 Å². The summed E-state index contributed by atoms with van der Waals surface area (Å²) in [7, 11) is -2.32. The van der Waals surface area contributed by atoms with Crippen LogP contribution in [0.15, 0.2) is 53.7 Å². The van der Waals surface area contributed by atoms with E-state index in [0.29, 0.717) is 22.5 Å². The van der Waals surface area contributed by atoms with Crippen LogP contribution in [-0.2, 0) is 10.0 Å². The number of aromatic nitrogens is 2. The van der Waals surface area contributed by atoms with Gasteiger partial charge in [-0.3, -0.25) is 9.78 Å². The molecule has 23 heavy (non-hydrogen) atoms. The summed E-state index contributed by atoms with van der Waals surface area (Å²) in [5, 5.41) is 0. The molecule has 6 nitrogen and oxygen atoms in total. The number of fused-ring (bicyclic) bond motifs is 1. The average Bonchev–Trinajstić information content (AvgIpc) is 2.95.